The van der Waals surface area contributed by atoms with Crippen LogP contribution in [0.1, 0.15) is 6.92 Å². The molecule has 0 fully saturated rings. The van der Waals surface area contributed by atoms with Gasteiger partial charge in [0.1, 0.15) is 0 Å². The van der Waals surface area contributed by atoms with E-state index in [0.717, 1.165) is 4.47 Å². The van der Waals surface area contributed by atoms with Gasteiger partial charge in [0.25, 0.3) is 0 Å². The molecule has 0 bridgehead atoms. The monoisotopic (exact) mass is 299 g/mol. The summed E-state index contributed by atoms with van der Waals surface area (Å²) in [5, 5.41) is 7.68. The summed E-state index contributed by atoms with van der Waals surface area (Å²) >= 11 is 3.31. The van der Waals surface area contributed by atoms with Crippen molar-refractivity contribution in [2.75, 3.05) is 18.4 Å². The fraction of sp³-hybridized carbons (Fsp3) is 0.273. The molecule has 1 aromatic rings. The van der Waals surface area contributed by atoms with Crippen molar-refractivity contribution >= 4 is 33.6 Å². The molecule has 0 unspecified atom stereocenters. The third-order valence-electron chi connectivity index (χ3n) is 1.91. The van der Waals surface area contributed by atoms with Gasteiger partial charge in [-0.05, 0) is 35.0 Å². The molecule has 0 spiro atoms. The zero-order valence-electron chi connectivity index (χ0n) is 9.42. The Bertz CT molecular complexity index is 409. The predicted octanol–water partition coefficient (Wildman–Crippen LogP) is 1.71. The van der Waals surface area contributed by atoms with Crippen LogP contribution in [0.3, 0.4) is 0 Å². The van der Waals surface area contributed by atoms with Gasteiger partial charge in [0.2, 0.25) is 5.91 Å². The molecule has 0 atom stereocenters. The van der Waals surface area contributed by atoms with E-state index in [4.69, 9.17) is 0 Å². The number of hydrogen-bond donors (Lipinski definition) is 3. The van der Waals surface area contributed by atoms with Crippen LogP contribution in [0.2, 0.25) is 0 Å². The molecular weight excluding hydrogens is 286 g/mol. The molecule has 0 heterocycles. The summed E-state index contributed by atoms with van der Waals surface area (Å²) in [6.07, 6.45) is 0. The highest BCUT2D eigenvalue weighted by molar-refractivity contribution is 9.10. The van der Waals surface area contributed by atoms with Gasteiger partial charge in [0, 0.05) is 11.0 Å². The first-order valence-electron chi connectivity index (χ1n) is 5.19. The summed E-state index contributed by atoms with van der Waals surface area (Å²) in [5.74, 6) is -0.213. The van der Waals surface area contributed by atoms with E-state index in [0.29, 0.717) is 12.2 Å². The number of urea groups is 1. The second-order valence-corrected chi connectivity index (χ2v) is 4.10. The number of hydrogen-bond acceptors (Lipinski definition) is 2. The number of likely N-dealkylation sites (N-methyl/N-ethyl adjacent to an activating group) is 1. The fourth-order valence-corrected chi connectivity index (χ4v) is 1.53. The molecule has 6 heteroatoms. The molecule has 0 saturated heterocycles. The largest absolute Gasteiger partial charge is 0.355 e. The van der Waals surface area contributed by atoms with E-state index < -0.39 is 6.03 Å². The second kappa shape index (κ2) is 6.90. The number of rotatable bonds is 4. The van der Waals surface area contributed by atoms with Crippen molar-refractivity contribution in [1.82, 2.24) is 10.6 Å². The lowest BCUT2D eigenvalue weighted by Gasteiger charge is -2.08. The van der Waals surface area contributed by atoms with E-state index in [9.17, 15) is 9.59 Å². The Kier molecular flexibility index (Phi) is 5.48. The van der Waals surface area contributed by atoms with Gasteiger partial charge in [-0.25, -0.2) is 4.79 Å². The number of halogens is 1. The van der Waals surface area contributed by atoms with Gasteiger partial charge in [-0.2, -0.15) is 0 Å². The molecular formula is C11H14BrN3O2. The lowest BCUT2D eigenvalue weighted by molar-refractivity contribution is -0.119. The first kappa shape index (κ1) is 13.5. The van der Waals surface area contributed by atoms with Crippen molar-refractivity contribution in [1.29, 1.82) is 0 Å². The lowest BCUT2D eigenvalue weighted by atomic mass is 10.3. The minimum atomic E-state index is -0.414. The SMILES string of the molecule is CCNC(=O)CNC(=O)Nc1ccccc1Br. The maximum atomic E-state index is 11.5. The maximum absolute atomic E-state index is 11.5. The van der Waals surface area contributed by atoms with Crippen molar-refractivity contribution in [3.05, 3.63) is 28.7 Å². The minimum absolute atomic E-state index is 0.0376. The highest BCUT2D eigenvalue weighted by atomic mass is 79.9. The van der Waals surface area contributed by atoms with Crippen molar-refractivity contribution in [2.24, 2.45) is 0 Å². The Balaban J connectivity index is 2.40. The van der Waals surface area contributed by atoms with Crippen LogP contribution in [0.4, 0.5) is 10.5 Å². The fourth-order valence-electron chi connectivity index (χ4n) is 1.15. The van der Waals surface area contributed by atoms with E-state index in [2.05, 4.69) is 31.9 Å². The number of carbonyl (C=O) groups is 2. The molecule has 5 nitrogen and oxygen atoms in total. The van der Waals surface area contributed by atoms with Gasteiger partial charge in [-0.1, -0.05) is 12.1 Å². The van der Waals surface area contributed by atoms with Crippen LogP contribution < -0.4 is 16.0 Å². The number of para-hydroxylation sites is 1. The van der Waals surface area contributed by atoms with E-state index in [1.807, 2.05) is 25.1 Å². The zero-order chi connectivity index (χ0) is 12.7. The average molecular weight is 300 g/mol. The summed E-state index contributed by atoms with van der Waals surface area (Å²) in [6, 6.07) is 6.82. The maximum Gasteiger partial charge on any atom is 0.319 e. The van der Waals surface area contributed by atoms with Crippen LogP contribution in [-0.2, 0) is 4.79 Å². The summed E-state index contributed by atoms with van der Waals surface area (Å²) < 4.78 is 0.785. The first-order chi connectivity index (χ1) is 8.13. The van der Waals surface area contributed by atoms with Gasteiger partial charge in [0.05, 0.1) is 12.2 Å². The van der Waals surface area contributed by atoms with Crippen LogP contribution in [0.5, 0.6) is 0 Å². The van der Waals surface area contributed by atoms with E-state index >= 15 is 0 Å². The van der Waals surface area contributed by atoms with Crippen molar-refractivity contribution in [3.8, 4) is 0 Å². The van der Waals surface area contributed by atoms with Gasteiger partial charge >= 0.3 is 6.03 Å². The molecule has 3 amide bonds. The molecule has 0 aliphatic heterocycles. The van der Waals surface area contributed by atoms with Crippen molar-refractivity contribution in [2.45, 2.75) is 6.92 Å². The normalized spacial score (nSPS) is 9.53. The molecule has 0 saturated carbocycles. The van der Waals surface area contributed by atoms with Gasteiger partial charge in [0.15, 0.2) is 0 Å². The molecule has 3 N–H and O–H groups in total. The summed E-state index contributed by atoms with van der Waals surface area (Å²) in [7, 11) is 0. The van der Waals surface area contributed by atoms with Crippen molar-refractivity contribution in [3.63, 3.8) is 0 Å². The number of benzene rings is 1. The van der Waals surface area contributed by atoms with Gasteiger partial charge in [-0.15, -0.1) is 0 Å². The van der Waals surface area contributed by atoms with E-state index in [-0.39, 0.29) is 12.5 Å². The Morgan fingerprint density at radius 2 is 1.94 bits per heavy atom. The number of carbonyl (C=O) groups excluding carboxylic acids is 2. The standard InChI is InChI=1S/C11H14BrN3O2/c1-2-13-10(16)7-14-11(17)15-9-6-4-3-5-8(9)12/h3-6H,2,7H2,1H3,(H,13,16)(H2,14,15,17). The number of amides is 3. The smallest absolute Gasteiger partial charge is 0.319 e. The van der Waals surface area contributed by atoms with Crippen molar-refractivity contribution < 1.29 is 9.59 Å². The van der Waals surface area contributed by atoms with E-state index in [1.165, 1.54) is 0 Å². The molecule has 17 heavy (non-hydrogen) atoms. The highest BCUT2D eigenvalue weighted by Gasteiger charge is 2.06. The van der Waals surface area contributed by atoms with Gasteiger partial charge < -0.3 is 16.0 Å². The summed E-state index contributed by atoms with van der Waals surface area (Å²) in [5.41, 5.74) is 0.654. The Hall–Kier alpha value is -1.56. The Labute approximate surface area is 108 Å². The van der Waals surface area contributed by atoms with Crippen LogP contribution >= 0.6 is 15.9 Å². The third kappa shape index (κ3) is 4.86. The molecule has 0 radical (unpaired) electrons. The first-order valence-corrected chi connectivity index (χ1v) is 5.99. The molecule has 0 aliphatic rings. The zero-order valence-corrected chi connectivity index (χ0v) is 11.0. The van der Waals surface area contributed by atoms with Crippen LogP contribution in [-0.4, -0.2) is 25.0 Å². The highest BCUT2D eigenvalue weighted by Crippen LogP contribution is 2.20. The van der Waals surface area contributed by atoms with E-state index in [1.54, 1.807) is 6.07 Å². The van der Waals surface area contributed by atoms with Gasteiger partial charge in [-0.3, -0.25) is 4.79 Å². The molecule has 1 aromatic carbocycles. The Morgan fingerprint density at radius 1 is 1.24 bits per heavy atom. The molecule has 92 valence electrons. The molecule has 0 aliphatic carbocycles. The quantitative estimate of drug-likeness (QED) is 0.792. The topological polar surface area (TPSA) is 70.2 Å². The third-order valence-corrected chi connectivity index (χ3v) is 2.60. The summed E-state index contributed by atoms with van der Waals surface area (Å²) in [4.78, 5) is 22.6. The second-order valence-electron chi connectivity index (χ2n) is 3.24. The summed E-state index contributed by atoms with van der Waals surface area (Å²) in [6.45, 7) is 2.33. The minimum Gasteiger partial charge on any atom is -0.355 e. The molecule has 1 rings (SSSR count). The molecule has 0 aromatic heterocycles. The van der Waals surface area contributed by atoms with Crippen LogP contribution in [0.15, 0.2) is 28.7 Å². The lowest BCUT2D eigenvalue weighted by Crippen LogP contribution is -2.38. The average Bonchev–Trinajstić information content (AvgIpc) is 2.30. The predicted molar refractivity (Wildman–Crippen MR) is 69.8 cm³/mol. The van der Waals surface area contributed by atoms with Crippen LogP contribution in [0.25, 0.3) is 0 Å². The van der Waals surface area contributed by atoms with Crippen LogP contribution in [0, 0.1) is 0 Å². The number of anilines is 1. The number of nitrogens with one attached hydrogen (secondary N) is 3. The Morgan fingerprint density at radius 3 is 2.59 bits per heavy atom.